The third-order valence-electron chi connectivity index (χ3n) is 6.73. The molecule has 15 nitrogen and oxygen atoms in total. The van der Waals surface area contributed by atoms with Crippen molar-refractivity contribution >= 4 is 46.9 Å². The van der Waals surface area contributed by atoms with Crippen LogP contribution in [0.5, 0.6) is 0 Å². The van der Waals surface area contributed by atoms with Crippen LogP contribution >= 0.6 is 0 Å². The van der Waals surface area contributed by atoms with E-state index in [-0.39, 0.29) is 25.1 Å². The van der Waals surface area contributed by atoms with Crippen molar-refractivity contribution in [1.82, 2.24) is 20.9 Å². The van der Waals surface area contributed by atoms with E-state index in [0.29, 0.717) is 31.4 Å². The van der Waals surface area contributed by atoms with Gasteiger partial charge in [-0.1, -0.05) is 19.8 Å². The van der Waals surface area contributed by atoms with Crippen LogP contribution in [-0.4, -0.2) is 81.1 Å². The van der Waals surface area contributed by atoms with Crippen molar-refractivity contribution in [3.63, 3.8) is 0 Å². The van der Waals surface area contributed by atoms with Crippen molar-refractivity contribution in [2.45, 2.75) is 89.9 Å². The van der Waals surface area contributed by atoms with Crippen molar-refractivity contribution in [3.05, 3.63) is 34.4 Å². The van der Waals surface area contributed by atoms with E-state index < -0.39 is 64.6 Å². The highest BCUT2D eigenvalue weighted by atomic mass is 16.6. The van der Waals surface area contributed by atoms with Gasteiger partial charge in [0.2, 0.25) is 29.5 Å². The van der Waals surface area contributed by atoms with Crippen LogP contribution in [0.3, 0.4) is 0 Å². The monoisotopic (exact) mass is 590 g/mol. The Morgan fingerprint density at radius 2 is 1.67 bits per heavy atom. The van der Waals surface area contributed by atoms with Gasteiger partial charge in [-0.3, -0.25) is 38.9 Å². The highest BCUT2D eigenvalue weighted by molar-refractivity contribution is 5.99. The fourth-order valence-electron chi connectivity index (χ4n) is 4.39. The number of likely N-dealkylation sites (tertiary alicyclic amines) is 1. The lowest BCUT2D eigenvalue weighted by molar-refractivity contribution is -0.384. The average molecular weight is 591 g/mol. The molecule has 1 aromatic carbocycles. The highest BCUT2D eigenvalue weighted by Crippen LogP contribution is 2.20. The predicted octanol–water partition coefficient (Wildman–Crippen LogP) is 1.07. The number of hydrogen-bond donors (Lipinski definition) is 5. The Morgan fingerprint density at radius 1 is 1.00 bits per heavy atom. The molecule has 1 aliphatic heterocycles. The minimum absolute atomic E-state index is 0.129. The number of nitro benzene ring substituents is 1. The number of hydrogen-bond acceptors (Lipinski definition) is 8. The SMILES string of the molecule is CCCC[C@H](NC(=O)[C@@H]1CCCN1C(=O)[C@H](C)NC(=O)[C@@H](C)NC(=O)CCC(=O)O)C(=O)Nc1ccc([N+](=O)[O-])cc1. The van der Waals surface area contributed by atoms with Gasteiger partial charge in [0, 0.05) is 30.8 Å². The summed E-state index contributed by atoms with van der Waals surface area (Å²) in [6.07, 6.45) is 1.96. The summed E-state index contributed by atoms with van der Waals surface area (Å²) in [6.45, 7) is 5.05. The van der Waals surface area contributed by atoms with Crippen LogP contribution < -0.4 is 21.3 Å². The minimum Gasteiger partial charge on any atom is -0.481 e. The van der Waals surface area contributed by atoms with E-state index in [1.165, 1.54) is 43.0 Å². The molecule has 1 heterocycles. The second-order valence-electron chi connectivity index (χ2n) is 10.1. The van der Waals surface area contributed by atoms with Crippen LogP contribution in [0.4, 0.5) is 11.4 Å². The number of carboxylic acids is 1. The van der Waals surface area contributed by atoms with E-state index in [9.17, 15) is 38.9 Å². The number of carbonyl (C=O) groups is 6. The number of aliphatic carboxylic acids is 1. The first kappa shape index (κ1) is 33.6. The summed E-state index contributed by atoms with van der Waals surface area (Å²) in [6, 6.07) is 1.48. The summed E-state index contributed by atoms with van der Waals surface area (Å²) < 4.78 is 0. The third-order valence-corrected chi connectivity index (χ3v) is 6.73. The normalized spacial score (nSPS) is 16.5. The average Bonchev–Trinajstić information content (AvgIpc) is 3.44. The number of carboxylic acid groups (broad SMARTS) is 1. The van der Waals surface area contributed by atoms with Crippen molar-refractivity contribution in [2.75, 3.05) is 11.9 Å². The fraction of sp³-hybridized carbons (Fsp3) is 0.556. The Hall–Kier alpha value is -4.56. The second-order valence-corrected chi connectivity index (χ2v) is 10.1. The van der Waals surface area contributed by atoms with Crippen LogP contribution in [0.25, 0.3) is 0 Å². The topological polar surface area (TPSA) is 217 Å². The first-order valence-corrected chi connectivity index (χ1v) is 13.8. The van der Waals surface area contributed by atoms with Gasteiger partial charge < -0.3 is 31.3 Å². The number of amides is 5. The molecule has 1 fully saturated rings. The molecule has 1 aliphatic rings. The van der Waals surface area contributed by atoms with Crippen LogP contribution in [0.15, 0.2) is 24.3 Å². The number of anilines is 1. The summed E-state index contributed by atoms with van der Waals surface area (Å²) in [4.78, 5) is 86.1. The number of non-ortho nitro benzene ring substituents is 1. The van der Waals surface area contributed by atoms with Crippen molar-refractivity contribution < 1.29 is 38.8 Å². The van der Waals surface area contributed by atoms with Crippen molar-refractivity contribution in [3.8, 4) is 0 Å². The van der Waals surface area contributed by atoms with Crippen LogP contribution in [0.2, 0.25) is 0 Å². The summed E-state index contributed by atoms with van der Waals surface area (Å²) >= 11 is 0. The summed E-state index contributed by atoms with van der Waals surface area (Å²) in [5, 5.41) is 29.8. The maximum absolute atomic E-state index is 13.3. The van der Waals surface area contributed by atoms with Gasteiger partial charge in [0.05, 0.1) is 11.3 Å². The molecule has 0 bridgehead atoms. The molecule has 0 unspecified atom stereocenters. The second kappa shape index (κ2) is 16.0. The summed E-state index contributed by atoms with van der Waals surface area (Å²) in [5.74, 6) is -3.94. The van der Waals surface area contributed by atoms with Gasteiger partial charge >= 0.3 is 5.97 Å². The van der Waals surface area contributed by atoms with E-state index in [1.54, 1.807) is 0 Å². The molecule has 0 spiro atoms. The van der Waals surface area contributed by atoms with E-state index >= 15 is 0 Å². The number of unbranched alkanes of at least 4 members (excludes halogenated alkanes) is 1. The zero-order valence-electron chi connectivity index (χ0n) is 23.9. The molecule has 0 saturated carbocycles. The molecule has 2 rings (SSSR count). The van der Waals surface area contributed by atoms with Crippen molar-refractivity contribution in [2.24, 2.45) is 0 Å². The molecule has 15 heteroatoms. The number of rotatable bonds is 15. The van der Waals surface area contributed by atoms with Crippen LogP contribution in [0.1, 0.15) is 65.7 Å². The Bertz CT molecular complexity index is 1170. The molecular weight excluding hydrogens is 552 g/mol. The maximum Gasteiger partial charge on any atom is 0.303 e. The molecular formula is C27H38N6O9. The minimum atomic E-state index is -1.15. The molecule has 0 radical (unpaired) electrons. The standard InChI is InChI=1S/C27H38N6O9/c1-4-5-7-20(25(38)30-18-9-11-19(12-10-18)33(41)42)31-26(39)21-8-6-15-32(21)27(40)17(3)29-24(37)16(2)28-22(34)13-14-23(35)36/h9-12,16-17,20-21H,4-8,13-15H2,1-3H3,(H,28,34)(H,29,37)(H,30,38)(H,31,39)(H,35,36)/t16-,17+,20+,21+/m1/s1. The van der Waals surface area contributed by atoms with Gasteiger partial charge in [-0.15, -0.1) is 0 Å². The van der Waals surface area contributed by atoms with Gasteiger partial charge in [-0.2, -0.15) is 0 Å². The van der Waals surface area contributed by atoms with Gasteiger partial charge in [-0.05, 0) is 45.2 Å². The van der Waals surface area contributed by atoms with E-state index in [4.69, 9.17) is 5.11 Å². The lowest BCUT2D eigenvalue weighted by Gasteiger charge is -2.29. The van der Waals surface area contributed by atoms with Crippen LogP contribution in [0, 0.1) is 10.1 Å². The largest absolute Gasteiger partial charge is 0.481 e. The zero-order chi connectivity index (χ0) is 31.4. The maximum atomic E-state index is 13.3. The quantitative estimate of drug-likeness (QED) is 0.146. The molecule has 5 N–H and O–H groups in total. The first-order chi connectivity index (χ1) is 19.8. The van der Waals surface area contributed by atoms with Crippen LogP contribution in [-0.2, 0) is 28.8 Å². The Morgan fingerprint density at radius 3 is 2.26 bits per heavy atom. The molecule has 0 aromatic heterocycles. The molecule has 5 amide bonds. The summed E-state index contributed by atoms with van der Waals surface area (Å²) in [5.41, 5.74) is 0.200. The predicted molar refractivity (Wildman–Crippen MR) is 150 cm³/mol. The number of nitrogens with one attached hydrogen (secondary N) is 4. The van der Waals surface area contributed by atoms with Gasteiger partial charge in [0.15, 0.2) is 0 Å². The molecule has 0 aliphatic carbocycles. The molecule has 230 valence electrons. The lowest BCUT2D eigenvalue weighted by atomic mass is 10.1. The summed E-state index contributed by atoms with van der Waals surface area (Å²) in [7, 11) is 0. The molecule has 1 aromatic rings. The van der Waals surface area contributed by atoms with E-state index in [2.05, 4.69) is 21.3 Å². The lowest BCUT2D eigenvalue weighted by Crippen LogP contribution is -2.56. The molecule has 4 atom stereocenters. The molecule has 42 heavy (non-hydrogen) atoms. The van der Waals surface area contributed by atoms with Gasteiger partial charge in [0.25, 0.3) is 5.69 Å². The fourth-order valence-corrected chi connectivity index (χ4v) is 4.39. The number of carbonyl (C=O) groups excluding carboxylic acids is 5. The highest BCUT2D eigenvalue weighted by Gasteiger charge is 2.38. The third kappa shape index (κ3) is 10.1. The van der Waals surface area contributed by atoms with Gasteiger partial charge in [-0.25, -0.2) is 0 Å². The van der Waals surface area contributed by atoms with E-state index in [0.717, 1.165) is 6.42 Å². The Balaban J connectivity index is 2.00. The number of benzene rings is 1. The smallest absolute Gasteiger partial charge is 0.303 e. The Kier molecular flexibility index (Phi) is 12.8. The Labute approximate surface area is 242 Å². The first-order valence-electron chi connectivity index (χ1n) is 13.8. The number of nitrogens with zero attached hydrogens (tertiary/aromatic N) is 2. The van der Waals surface area contributed by atoms with Crippen molar-refractivity contribution in [1.29, 1.82) is 0 Å². The van der Waals surface area contributed by atoms with E-state index in [1.807, 2.05) is 6.92 Å². The zero-order valence-corrected chi connectivity index (χ0v) is 23.9. The molecule has 1 saturated heterocycles. The number of nitro groups is 1. The van der Waals surface area contributed by atoms with Gasteiger partial charge in [0.1, 0.15) is 24.2 Å².